The van der Waals surface area contributed by atoms with E-state index in [4.69, 9.17) is 11.6 Å². The fraction of sp³-hybridized carbons (Fsp3) is 0.333. The average Bonchev–Trinajstić information content (AvgIpc) is 3.21. The second kappa shape index (κ2) is 5.81. The highest BCUT2D eigenvalue weighted by molar-refractivity contribution is 6.30. The number of hydrogen-bond acceptors (Lipinski definition) is 6. The molecule has 6 nitrogen and oxygen atoms in total. The topological polar surface area (TPSA) is 58.0 Å². The second-order valence-electron chi connectivity index (χ2n) is 6.75. The highest BCUT2D eigenvalue weighted by Crippen LogP contribution is 2.36. The van der Waals surface area contributed by atoms with Crippen molar-refractivity contribution in [2.24, 2.45) is 11.8 Å². The van der Waals surface area contributed by atoms with Crippen LogP contribution >= 0.6 is 11.6 Å². The Hall–Kier alpha value is -2.47. The van der Waals surface area contributed by atoms with Crippen LogP contribution in [0, 0.1) is 11.8 Å². The number of rotatable bonds is 2. The van der Waals surface area contributed by atoms with Crippen LogP contribution in [0.5, 0.6) is 0 Å². The van der Waals surface area contributed by atoms with E-state index in [1.807, 2.05) is 18.2 Å². The minimum Gasteiger partial charge on any atom is -0.356 e. The van der Waals surface area contributed by atoms with E-state index in [1.54, 1.807) is 24.9 Å². The Balaban J connectivity index is 1.36. The first kappa shape index (κ1) is 14.8. The summed E-state index contributed by atoms with van der Waals surface area (Å²) in [5.74, 6) is 3.30. The van der Waals surface area contributed by atoms with Gasteiger partial charge in [0.2, 0.25) is 0 Å². The Morgan fingerprint density at radius 2 is 1.68 bits per heavy atom. The zero-order chi connectivity index (χ0) is 16.8. The van der Waals surface area contributed by atoms with Gasteiger partial charge >= 0.3 is 0 Å². The molecule has 0 spiro atoms. The number of nitrogens with zero attached hydrogens (tertiary/aromatic N) is 6. The van der Waals surface area contributed by atoms with E-state index >= 15 is 0 Å². The Morgan fingerprint density at radius 1 is 0.880 bits per heavy atom. The molecule has 0 saturated carbocycles. The summed E-state index contributed by atoms with van der Waals surface area (Å²) in [6.45, 7) is 4.09. The van der Waals surface area contributed by atoms with Gasteiger partial charge in [0.1, 0.15) is 18.0 Å². The van der Waals surface area contributed by atoms with E-state index in [0.29, 0.717) is 16.9 Å². The summed E-state index contributed by atoms with van der Waals surface area (Å²) >= 11 is 5.94. The summed E-state index contributed by atoms with van der Waals surface area (Å²) in [5.41, 5.74) is 0.900. The van der Waals surface area contributed by atoms with E-state index in [9.17, 15) is 0 Å². The van der Waals surface area contributed by atoms with Crippen LogP contribution in [0.3, 0.4) is 0 Å². The maximum Gasteiger partial charge on any atom is 0.140 e. The van der Waals surface area contributed by atoms with Crippen LogP contribution in [0.25, 0.3) is 10.9 Å². The second-order valence-corrected chi connectivity index (χ2v) is 7.19. The van der Waals surface area contributed by atoms with Crippen LogP contribution in [-0.2, 0) is 0 Å². The normalized spacial score (nSPS) is 22.6. The van der Waals surface area contributed by atoms with Gasteiger partial charge in [0.25, 0.3) is 0 Å². The van der Waals surface area contributed by atoms with Crippen molar-refractivity contribution in [1.82, 2.24) is 19.9 Å². The molecule has 0 radical (unpaired) electrons. The van der Waals surface area contributed by atoms with Crippen molar-refractivity contribution in [2.75, 3.05) is 36.0 Å². The van der Waals surface area contributed by atoms with Crippen molar-refractivity contribution in [3.05, 3.63) is 48.1 Å². The standard InChI is InChI=1S/C18H17ClN6/c19-14-1-2-17(21-5-14)24-7-12-9-25(10-13(12)8-24)18-15-3-4-20-6-16(15)22-11-23-18/h1-6,11-13H,7-10H2. The molecular formula is C18H17ClN6. The summed E-state index contributed by atoms with van der Waals surface area (Å²) in [5, 5.41) is 1.76. The molecule has 0 aliphatic carbocycles. The lowest BCUT2D eigenvalue weighted by molar-refractivity contribution is 0.533. The van der Waals surface area contributed by atoms with Crippen LogP contribution in [0.2, 0.25) is 5.02 Å². The molecule has 2 unspecified atom stereocenters. The monoisotopic (exact) mass is 352 g/mol. The van der Waals surface area contributed by atoms with Crippen molar-refractivity contribution < 1.29 is 0 Å². The number of aromatic nitrogens is 4. The SMILES string of the molecule is Clc1ccc(N2CC3CN(c4ncnc5cnccc45)CC3C2)nc1. The van der Waals surface area contributed by atoms with Crippen LogP contribution < -0.4 is 9.80 Å². The zero-order valence-corrected chi connectivity index (χ0v) is 14.3. The molecule has 126 valence electrons. The van der Waals surface area contributed by atoms with Gasteiger partial charge in [-0.05, 0) is 18.2 Å². The molecule has 7 heteroatoms. The molecule has 2 fully saturated rings. The van der Waals surface area contributed by atoms with E-state index in [1.165, 1.54) is 0 Å². The lowest BCUT2D eigenvalue weighted by atomic mass is 10.0. The van der Waals surface area contributed by atoms with E-state index < -0.39 is 0 Å². The first-order chi connectivity index (χ1) is 12.3. The molecule has 0 N–H and O–H groups in total. The molecule has 2 aliphatic heterocycles. The predicted octanol–water partition coefficient (Wildman–Crippen LogP) is 2.65. The number of pyridine rings is 2. The highest BCUT2D eigenvalue weighted by atomic mass is 35.5. The predicted molar refractivity (Wildman–Crippen MR) is 98.0 cm³/mol. The van der Waals surface area contributed by atoms with Gasteiger partial charge in [-0.15, -0.1) is 0 Å². The molecule has 0 amide bonds. The van der Waals surface area contributed by atoms with Gasteiger partial charge in [-0.1, -0.05) is 11.6 Å². The van der Waals surface area contributed by atoms with E-state index in [-0.39, 0.29) is 0 Å². The summed E-state index contributed by atoms with van der Waals surface area (Å²) < 4.78 is 0. The van der Waals surface area contributed by atoms with Gasteiger partial charge in [-0.2, -0.15) is 0 Å². The van der Waals surface area contributed by atoms with Crippen LogP contribution in [0.15, 0.2) is 43.1 Å². The third-order valence-electron chi connectivity index (χ3n) is 5.24. The molecule has 0 aromatic carbocycles. The van der Waals surface area contributed by atoms with Crippen molar-refractivity contribution >= 4 is 34.1 Å². The van der Waals surface area contributed by atoms with Crippen LogP contribution in [0.1, 0.15) is 0 Å². The summed E-state index contributed by atoms with van der Waals surface area (Å²) in [4.78, 5) is 22.2. The van der Waals surface area contributed by atoms with E-state index in [0.717, 1.165) is 48.7 Å². The zero-order valence-electron chi connectivity index (χ0n) is 13.6. The lowest BCUT2D eigenvalue weighted by Crippen LogP contribution is -2.29. The first-order valence-corrected chi connectivity index (χ1v) is 8.82. The first-order valence-electron chi connectivity index (χ1n) is 8.44. The lowest BCUT2D eigenvalue weighted by Gasteiger charge is -2.23. The molecule has 2 atom stereocenters. The summed E-state index contributed by atoms with van der Waals surface area (Å²) in [6, 6.07) is 5.92. The molecule has 2 aliphatic rings. The third-order valence-corrected chi connectivity index (χ3v) is 5.46. The maximum absolute atomic E-state index is 5.94. The summed E-state index contributed by atoms with van der Waals surface area (Å²) in [6.07, 6.45) is 6.96. The summed E-state index contributed by atoms with van der Waals surface area (Å²) in [7, 11) is 0. The highest BCUT2D eigenvalue weighted by Gasteiger charge is 2.41. The van der Waals surface area contributed by atoms with Crippen molar-refractivity contribution in [1.29, 1.82) is 0 Å². The largest absolute Gasteiger partial charge is 0.356 e. The number of fused-ring (bicyclic) bond motifs is 2. The van der Waals surface area contributed by atoms with Gasteiger partial charge < -0.3 is 9.80 Å². The Morgan fingerprint density at radius 3 is 2.44 bits per heavy atom. The smallest absolute Gasteiger partial charge is 0.140 e. The fourth-order valence-electron chi connectivity index (χ4n) is 4.05. The van der Waals surface area contributed by atoms with Crippen molar-refractivity contribution in [3.63, 3.8) is 0 Å². The van der Waals surface area contributed by atoms with Gasteiger partial charge in [0.05, 0.1) is 16.7 Å². The number of halogens is 1. The molecule has 2 saturated heterocycles. The molecule has 25 heavy (non-hydrogen) atoms. The van der Waals surface area contributed by atoms with Gasteiger partial charge in [-0.3, -0.25) is 4.98 Å². The van der Waals surface area contributed by atoms with Gasteiger partial charge in [-0.25, -0.2) is 15.0 Å². The Bertz CT molecular complexity index is 896. The third kappa shape index (κ3) is 2.57. The molecular weight excluding hydrogens is 336 g/mol. The van der Waals surface area contributed by atoms with Crippen molar-refractivity contribution in [3.8, 4) is 0 Å². The molecule has 5 rings (SSSR count). The van der Waals surface area contributed by atoms with Crippen molar-refractivity contribution in [2.45, 2.75) is 0 Å². The fourth-order valence-corrected chi connectivity index (χ4v) is 4.17. The number of anilines is 2. The average molecular weight is 353 g/mol. The Kier molecular flexibility index (Phi) is 3.45. The minimum absolute atomic E-state index is 0.629. The molecule has 5 heterocycles. The van der Waals surface area contributed by atoms with E-state index in [2.05, 4.69) is 29.7 Å². The Labute approximate surface area is 150 Å². The molecule has 3 aromatic heterocycles. The van der Waals surface area contributed by atoms with Crippen LogP contribution in [0.4, 0.5) is 11.6 Å². The quantitative estimate of drug-likeness (QED) is 0.706. The maximum atomic E-state index is 5.94. The molecule has 3 aromatic rings. The molecule has 0 bridgehead atoms. The van der Waals surface area contributed by atoms with Gasteiger partial charge in [0.15, 0.2) is 0 Å². The van der Waals surface area contributed by atoms with Crippen LogP contribution in [-0.4, -0.2) is 46.1 Å². The minimum atomic E-state index is 0.629. The number of hydrogen-bond donors (Lipinski definition) is 0. The van der Waals surface area contributed by atoms with Gasteiger partial charge in [0, 0.05) is 55.8 Å².